The number of nitro groups is 1. The number of ether oxygens (including phenoxy) is 3. The second-order valence-corrected chi connectivity index (χ2v) is 3.63. The van der Waals surface area contributed by atoms with Crippen molar-refractivity contribution in [3.8, 4) is 5.75 Å². The second kappa shape index (κ2) is 7.72. The summed E-state index contributed by atoms with van der Waals surface area (Å²) in [4.78, 5) is 32.0. The van der Waals surface area contributed by atoms with Gasteiger partial charge in [-0.1, -0.05) is 6.92 Å². The van der Waals surface area contributed by atoms with Gasteiger partial charge in [-0.25, -0.2) is 4.79 Å². The summed E-state index contributed by atoms with van der Waals surface area (Å²) >= 11 is 0. The molecule has 0 bridgehead atoms. The summed E-state index contributed by atoms with van der Waals surface area (Å²) in [5, 5.41) is 10.4. The third-order valence-corrected chi connectivity index (χ3v) is 2.10. The molecule has 0 unspecified atom stereocenters. The molecular weight excluding hydrogens is 270 g/mol. The summed E-state index contributed by atoms with van der Waals surface area (Å²) in [6, 6.07) is 4.87. The van der Waals surface area contributed by atoms with E-state index >= 15 is 0 Å². The van der Waals surface area contributed by atoms with Crippen LogP contribution in [0.1, 0.15) is 19.8 Å². The van der Waals surface area contributed by atoms with Crippen LogP contribution in [-0.4, -0.2) is 23.8 Å². The zero-order valence-electron chi connectivity index (χ0n) is 10.7. The van der Waals surface area contributed by atoms with Crippen molar-refractivity contribution in [1.82, 2.24) is 0 Å². The molecule has 8 heteroatoms. The molecule has 0 aliphatic rings. The van der Waals surface area contributed by atoms with Crippen molar-refractivity contribution in [1.29, 1.82) is 0 Å². The number of carbonyl (C=O) groups is 2. The van der Waals surface area contributed by atoms with Crippen LogP contribution in [0.2, 0.25) is 0 Å². The molecule has 0 saturated carbocycles. The number of rotatable bonds is 6. The van der Waals surface area contributed by atoms with Crippen molar-refractivity contribution in [2.24, 2.45) is 0 Å². The van der Waals surface area contributed by atoms with E-state index in [1.54, 1.807) is 0 Å². The molecule has 20 heavy (non-hydrogen) atoms. The van der Waals surface area contributed by atoms with Crippen LogP contribution in [0.25, 0.3) is 0 Å². The van der Waals surface area contributed by atoms with Gasteiger partial charge < -0.3 is 14.2 Å². The smallest absolute Gasteiger partial charge is 0.428 e. The highest BCUT2D eigenvalue weighted by Gasteiger charge is 2.10. The average molecular weight is 283 g/mol. The van der Waals surface area contributed by atoms with Crippen LogP contribution in [0.4, 0.5) is 10.5 Å². The van der Waals surface area contributed by atoms with E-state index in [0.717, 1.165) is 0 Å². The SMILES string of the molecule is CCCC(=O)OCOC(=O)Oc1ccc([N+](=O)[O-])cc1. The Hall–Kier alpha value is -2.64. The van der Waals surface area contributed by atoms with E-state index in [4.69, 9.17) is 4.74 Å². The average Bonchev–Trinajstić information content (AvgIpc) is 2.39. The first kappa shape index (κ1) is 15.4. The van der Waals surface area contributed by atoms with Crippen LogP contribution >= 0.6 is 0 Å². The number of nitro benzene ring substituents is 1. The van der Waals surface area contributed by atoms with Gasteiger partial charge in [0.15, 0.2) is 0 Å². The molecule has 1 aromatic rings. The lowest BCUT2D eigenvalue weighted by atomic mass is 10.3. The van der Waals surface area contributed by atoms with E-state index in [-0.39, 0.29) is 17.9 Å². The Morgan fingerprint density at radius 1 is 1.20 bits per heavy atom. The monoisotopic (exact) mass is 283 g/mol. The molecule has 1 aromatic carbocycles. The molecule has 0 aliphatic heterocycles. The van der Waals surface area contributed by atoms with E-state index < -0.39 is 23.8 Å². The standard InChI is InChI=1S/C12H13NO7/c1-2-3-11(14)18-8-19-12(15)20-10-6-4-9(5-7-10)13(16)17/h4-7H,2-3,8H2,1H3. The molecule has 0 N–H and O–H groups in total. The third-order valence-electron chi connectivity index (χ3n) is 2.10. The maximum atomic E-state index is 11.2. The van der Waals surface area contributed by atoms with Crippen LogP contribution in [0.3, 0.4) is 0 Å². The van der Waals surface area contributed by atoms with Crippen LogP contribution in [0.5, 0.6) is 5.75 Å². The number of nitrogens with zero attached hydrogens (tertiary/aromatic N) is 1. The lowest BCUT2D eigenvalue weighted by Crippen LogP contribution is -2.15. The Bertz CT molecular complexity index is 483. The van der Waals surface area contributed by atoms with Crippen molar-refractivity contribution in [3.63, 3.8) is 0 Å². The van der Waals surface area contributed by atoms with Crippen molar-refractivity contribution >= 4 is 17.8 Å². The number of esters is 1. The predicted octanol–water partition coefficient (Wildman–Crippen LogP) is 2.41. The van der Waals surface area contributed by atoms with Gasteiger partial charge in [-0.05, 0) is 18.6 Å². The topological polar surface area (TPSA) is 105 Å². The molecule has 0 aliphatic carbocycles. The minimum atomic E-state index is -1.07. The largest absolute Gasteiger partial charge is 0.516 e. The van der Waals surface area contributed by atoms with Crippen molar-refractivity contribution in [3.05, 3.63) is 34.4 Å². The third kappa shape index (κ3) is 5.34. The summed E-state index contributed by atoms with van der Waals surface area (Å²) in [7, 11) is 0. The summed E-state index contributed by atoms with van der Waals surface area (Å²) < 4.78 is 13.8. The fourth-order valence-corrected chi connectivity index (χ4v) is 1.18. The van der Waals surface area contributed by atoms with Crippen molar-refractivity contribution in [2.45, 2.75) is 19.8 Å². The van der Waals surface area contributed by atoms with Crippen LogP contribution in [0, 0.1) is 10.1 Å². The van der Waals surface area contributed by atoms with E-state index in [2.05, 4.69) is 9.47 Å². The van der Waals surface area contributed by atoms with E-state index in [1.807, 2.05) is 6.92 Å². The van der Waals surface area contributed by atoms with Crippen molar-refractivity contribution < 1.29 is 28.7 Å². The molecule has 0 amide bonds. The maximum absolute atomic E-state index is 11.2. The number of carbonyl (C=O) groups excluding carboxylic acids is 2. The Balaban J connectivity index is 2.35. The summed E-state index contributed by atoms with van der Waals surface area (Å²) in [5.74, 6) is -0.392. The number of hydrogen-bond acceptors (Lipinski definition) is 7. The minimum Gasteiger partial charge on any atom is -0.428 e. The minimum absolute atomic E-state index is 0.0838. The van der Waals surface area contributed by atoms with Gasteiger partial charge in [-0.2, -0.15) is 0 Å². The molecule has 0 radical (unpaired) electrons. The van der Waals surface area contributed by atoms with Crippen molar-refractivity contribution in [2.75, 3.05) is 6.79 Å². The quantitative estimate of drug-likeness (QED) is 0.259. The fourth-order valence-electron chi connectivity index (χ4n) is 1.18. The van der Waals surface area contributed by atoms with E-state index in [9.17, 15) is 19.7 Å². The Kier molecular flexibility index (Phi) is 5.95. The Morgan fingerprint density at radius 2 is 1.85 bits per heavy atom. The molecule has 0 atom stereocenters. The molecule has 0 saturated heterocycles. The first-order valence-corrected chi connectivity index (χ1v) is 5.77. The molecule has 0 spiro atoms. The lowest BCUT2D eigenvalue weighted by Gasteiger charge is -2.06. The van der Waals surface area contributed by atoms with Gasteiger partial charge in [0.25, 0.3) is 5.69 Å². The first-order valence-electron chi connectivity index (χ1n) is 5.77. The highest BCUT2D eigenvalue weighted by molar-refractivity contribution is 5.69. The normalized spacial score (nSPS) is 9.65. The highest BCUT2D eigenvalue weighted by Crippen LogP contribution is 2.17. The van der Waals surface area contributed by atoms with Gasteiger partial charge in [0, 0.05) is 18.6 Å². The van der Waals surface area contributed by atoms with Crippen LogP contribution < -0.4 is 4.74 Å². The molecule has 0 heterocycles. The first-order chi connectivity index (χ1) is 9.52. The molecular formula is C12H13NO7. The summed E-state index contributed by atoms with van der Waals surface area (Å²) in [5.41, 5.74) is -0.126. The van der Waals surface area contributed by atoms with E-state index in [1.165, 1.54) is 24.3 Å². The Morgan fingerprint density at radius 3 is 2.40 bits per heavy atom. The molecule has 108 valence electrons. The second-order valence-electron chi connectivity index (χ2n) is 3.63. The van der Waals surface area contributed by atoms with Gasteiger partial charge in [0.1, 0.15) is 5.75 Å². The van der Waals surface area contributed by atoms with Gasteiger partial charge in [-0.3, -0.25) is 14.9 Å². The predicted molar refractivity (Wildman–Crippen MR) is 66.1 cm³/mol. The summed E-state index contributed by atoms with van der Waals surface area (Å²) in [6.45, 7) is 1.27. The zero-order chi connectivity index (χ0) is 15.0. The van der Waals surface area contributed by atoms with Gasteiger partial charge in [0.2, 0.25) is 6.79 Å². The van der Waals surface area contributed by atoms with Gasteiger partial charge in [0.05, 0.1) is 4.92 Å². The lowest BCUT2D eigenvalue weighted by molar-refractivity contribution is -0.384. The fraction of sp³-hybridized carbons (Fsp3) is 0.333. The molecule has 0 fully saturated rings. The molecule has 8 nitrogen and oxygen atoms in total. The van der Waals surface area contributed by atoms with Crippen LogP contribution in [0.15, 0.2) is 24.3 Å². The molecule has 1 rings (SSSR count). The number of benzene rings is 1. The van der Waals surface area contributed by atoms with Crippen LogP contribution in [-0.2, 0) is 14.3 Å². The van der Waals surface area contributed by atoms with E-state index in [0.29, 0.717) is 6.42 Å². The number of non-ortho nitro benzene ring substituents is 1. The maximum Gasteiger partial charge on any atom is 0.516 e. The molecule has 0 aromatic heterocycles. The van der Waals surface area contributed by atoms with Gasteiger partial charge in [-0.15, -0.1) is 0 Å². The Labute approximate surface area is 114 Å². The number of hydrogen-bond donors (Lipinski definition) is 0. The zero-order valence-corrected chi connectivity index (χ0v) is 10.7. The van der Waals surface area contributed by atoms with Gasteiger partial charge >= 0.3 is 12.1 Å². The summed E-state index contributed by atoms with van der Waals surface area (Å²) in [6.07, 6.45) is -0.199. The highest BCUT2D eigenvalue weighted by atomic mass is 16.8.